The minimum atomic E-state index is -0.0747. The van der Waals surface area contributed by atoms with Gasteiger partial charge in [-0.3, -0.25) is 19.7 Å². The lowest BCUT2D eigenvalue weighted by atomic mass is 9.89. The Labute approximate surface area is 147 Å². The lowest BCUT2D eigenvalue weighted by molar-refractivity contribution is 0.0645. The molecule has 1 saturated heterocycles. The number of Topliss-reactive ketones (excluding diaryl/α,β-unsaturated/α-hetero) is 1. The van der Waals surface area contributed by atoms with Crippen LogP contribution in [-0.4, -0.2) is 44.9 Å². The molecular weight excluding hydrogens is 316 g/mol. The minimum absolute atomic E-state index is 0.0439. The van der Waals surface area contributed by atoms with Gasteiger partial charge in [0.05, 0.1) is 0 Å². The number of rotatable bonds is 3. The number of ketones is 1. The third-order valence-electron chi connectivity index (χ3n) is 4.70. The highest BCUT2D eigenvalue weighted by Gasteiger charge is 2.30. The molecule has 132 valence electrons. The molecule has 25 heavy (non-hydrogen) atoms. The molecule has 1 amide bonds. The number of H-pyrrole nitrogens is 1. The van der Waals surface area contributed by atoms with Gasteiger partial charge in [0.15, 0.2) is 5.78 Å². The summed E-state index contributed by atoms with van der Waals surface area (Å²) in [5, 5.41) is 7.12. The van der Waals surface area contributed by atoms with Crippen LogP contribution in [0.25, 0.3) is 0 Å². The molecule has 0 saturated carbocycles. The van der Waals surface area contributed by atoms with Gasteiger partial charge in [0, 0.05) is 48.1 Å². The largest absolute Gasteiger partial charge is 0.337 e. The molecule has 3 rings (SSSR count). The lowest BCUT2D eigenvalue weighted by Crippen LogP contribution is -2.40. The monoisotopic (exact) mass is 340 g/mol. The molecule has 0 spiro atoms. The molecule has 1 aliphatic heterocycles. The maximum absolute atomic E-state index is 12.6. The van der Waals surface area contributed by atoms with Crippen molar-refractivity contribution in [2.24, 2.45) is 5.92 Å². The lowest BCUT2D eigenvalue weighted by Gasteiger charge is -2.30. The summed E-state index contributed by atoms with van der Waals surface area (Å²) in [5.41, 5.74) is 1.96. The summed E-state index contributed by atoms with van der Waals surface area (Å²) in [5.74, 6) is 0.00610. The number of likely N-dealkylation sites (tertiary alicyclic amines) is 1. The summed E-state index contributed by atoms with van der Waals surface area (Å²) in [6.07, 6.45) is 4.62. The van der Waals surface area contributed by atoms with E-state index >= 15 is 0 Å². The van der Waals surface area contributed by atoms with E-state index in [1.165, 1.54) is 0 Å². The molecule has 6 heteroatoms. The molecule has 0 radical (unpaired) electrons. The maximum atomic E-state index is 12.6. The summed E-state index contributed by atoms with van der Waals surface area (Å²) < 4.78 is 0. The molecule has 1 fully saturated rings. The summed E-state index contributed by atoms with van der Waals surface area (Å²) >= 11 is 0. The second kappa shape index (κ2) is 6.78. The fourth-order valence-electron chi connectivity index (χ4n) is 3.07. The Morgan fingerprint density at radius 1 is 1.24 bits per heavy atom. The van der Waals surface area contributed by atoms with Crippen LogP contribution in [0.1, 0.15) is 60.2 Å². The van der Waals surface area contributed by atoms with E-state index in [9.17, 15) is 9.59 Å². The topological polar surface area (TPSA) is 79.0 Å². The van der Waals surface area contributed by atoms with Crippen molar-refractivity contribution in [3.8, 4) is 0 Å². The van der Waals surface area contributed by atoms with E-state index in [4.69, 9.17) is 0 Å². The number of hydrogen-bond donors (Lipinski definition) is 1. The molecule has 0 aromatic carbocycles. The van der Waals surface area contributed by atoms with Crippen molar-refractivity contribution in [2.45, 2.75) is 39.0 Å². The molecule has 0 aliphatic carbocycles. The number of piperidine rings is 1. The molecule has 0 atom stereocenters. The Bertz CT molecular complexity index is 753. The average Bonchev–Trinajstić information content (AvgIpc) is 3.12. The van der Waals surface area contributed by atoms with Crippen molar-refractivity contribution < 1.29 is 9.59 Å². The van der Waals surface area contributed by atoms with Crippen molar-refractivity contribution in [3.63, 3.8) is 0 Å². The van der Waals surface area contributed by atoms with Crippen LogP contribution >= 0.6 is 0 Å². The van der Waals surface area contributed by atoms with Gasteiger partial charge in [0.2, 0.25) is 0 Å². The van der Waals surface area contributed by atoms with Crippen molar-refractivity contribution in [3.05, 3.63) is 47.5 Å². The van der Waals surface area contributed by atoms with Crippen LogP contribution in [0.4, 0.5) is 0 Å². The summed E-state index contributed by atoms with van der Waals surface area (Å²) in [6, 6.07) is 5.40. The molecule has 0 unspecified atom stereocenters. The van der Waals surface area contributed by atoms with Gasteiger partial charge in [0.25, 0.3) is 5.91 Å². The van der Waals surface area contributed by atoms with Crippen molar-refractivity contribution in [2.75, 3.05) is 13.1 Å². The van der Waals surface area contributed by atoms with Crippen LogP contribution in [-0.2, 0) is 5.41 Å². The second-order valence-corrected chi connectivity index (χ2v) is 7.59. The van der Waals surface area contributed by atoms with E-state index in [0.29, 0.717) is 37.2 Å². The van der Waals surface area contributed by atoms with E-state index in [-0.39, 0.29) is 23.0 Å². The molecule has 0 bridgehead atoms. The Hall–Kier alpha value is -2.50. The number of aromatic nitrogens is 3. The standard InChI is InChI=1S/C19H24N4O2/c1-19(2,3)16-11-15(21-22-16)18(25)23-9-6-13(7-10-23)17(24)14-5-4-8-20-12-14/h4-5,8,11-13H,6-7,9-10H2,1-3H3,(H,21,22). The van der Waals surface area contributed by atoms with Gasteiger partial charge in [0.1, 0.15) is 5.69 Å². The number of aromatic amines is 1. The number of amides is 1. The SMILES string of the molecule is CC(C)(C)c1cc(C(=O)N2CCC(C(=O)c3cccnc3)CC2)n[nH]1. The van der Waals surface area contributed by atoms with Crippen LogP contribution < -0.4 is 0 Å². The Morgan fingerprint density at radius 2 is 1.96 bits per heavy atom. The quantitative estimate of drug-likeness (QED) is 0.872. The van der Waals surface area contributed by atoms with Gasteiger partial charge in [-0.2, -0.15) is 5.10 Å². The average molecular weight is 340 g/mol. The highest BCUT2D eigenvalue weighted by Crippen LogP contribution is 2.24. The van der Waals surface area contributed by atoms with Crippen LogP contribution in [0.3, 0.4) is 0 Å². The normalized spacial score (nSPS) is 16.0. The Balaban J connectivity index is 1.61. The van der Waals surface area contributed by atoms with E-state index in [1.54, 1.807) is 29.4 Å². The first kappa shape index (κ1) is 17.3. The van der Waals surface area contributed by atoms with Gasteiger partial charge >= 0.3 is 0 Å². The molecule has 2 aromatic heterocycles. The number of nitrogens with one attached hydrogen (secondary N) is 1. The number of hydrogen-bond acceptors (Lipinski definition) is 4. The van der Waals surface area contributed by atoms with Gasteiger partial charge in [-0.15, -0.1) is 0 Å². The van der Waals surface area contributed by atoms with Crippen molar-refractivity contribution >= 4 is 11.7 Å². The minimum Gasteiger partial charge on any atom is -0.337 e. The molecule has 1 N–H and O–H groups in total. The molecule has 3 heterocycles. The fourth-order valence-corrected chi connectivity index (χ4v) is 3.07. The Kier molecular flexibility index (Phi) is 4.70. The smallest absolute Gasteiger partial charge is 0.274 e. The third kappa shape index (κ3) is 3.78. The first-order valence-corrected chi connectivity index (χ1v) is 8.65. The number of pyridine rings is 1. The first-order chi connectivity index (χ1) is 11.9. The molecule has 6 nitrogen and oxygen atoms in total. The number of carbonyl (C=O) groups is 2. The van der Waals surface area contributed by atoms with Crippen molar-refractivity contribution in [1.82, 2.24) is 20.1 Å². The molecule has 2 aromatic rings. The van der Waals surface area contributed by atoms with E-state index in [0.717, 1.165) is 5.69 Å². The number of nitrogens with zero attached hydrogens (tertiary/aromatic N) is 3. The van der Waals surface area contributed by atoms with Crippen LogP contribution in [0.5, 0.6) is 0 Å². The second-order valence-electron chi connectivity index (χ2n) is 7.59. The predicted octanol–water partition coefficient (Wildman–Crippen LogP) is 2.84. The Morgan fingerprint density at radius 3 is 2.52 bits per heavy atom. The zero-order valence-corrected chi connectivity index (χ0v) is 15.0. The van der Waals surface area contributed by atoms with Gasteiger partial charge in [-0.1, -0.05) is 20.8 Å². The zero-order valence-electron chi connectivity index (χ0n) is 15.0. The van der Waals surface area contributed by atoms with E-state index in [2.05, 4.69) is 36.0 Å². The van der Waals surface area contributed by atoms with E-state index < -0.39 is 0 Å². The summed E-state index contributed by atoms with van der Waals surface area (Å²) in [7, 11) is 0. The highest BCUT2D eigenvalue weighted by molar-refractivity contribution is 5.98. The summed E-state index contributed by atoms with van der Waals surface area (Å²) in [4.78, 5) is 30.9. The maximum Gasteiger partial charge on any atom is 0.274 e. The fraction of sp³-hybridized carbons (Fsp3) is 0.474. The van der Waals surface area contributed by atoms with Crippen molar-refractivity contribution in [1.29, 1.82) is 0 Å². The van der Waals surface area contributed by atoms with E-state index in [1.807, 2.05) is 6.07 Å². The number of carbonyl (C=O) groups excluding carboxylic acids is 2. The van der Waals surface area contributed by atoms with Gasteiger partial charge < -0.3 is 4.90 Å². The third-order valence-corrected chi connectivity index (χ3v) is 4.70. The molecule has 1 aliphatic rings. The highest BCUT2D eigenvalue weighted by atomic mass is 16.2. The first-order valence-electron chi connectivity index (χ1n) is 8.65. The van der Waals surface area contributed by atoms with Gasteiger partial charge in [-0.05, 0) is 31.0 Å². The van der Waals surface area contributed by atoms with Crippen LogP contribution in [0.2, 0.25) is 0 Å². The predicted molar refractivity (Wildman–Crippen MR) is 94.5 cm³/mol. The van der Waals surface area contributed by atoms with Crippen LogP contribution in [0.15, 0.2) is 30.6 Å². The zero-order chi connectivity index (χ0) is 18.0. The molecular formula is C19H24N4O2. The summed E-state index contributed by atoms with van der Waals surface area (Å²) in [6.45, 7) is 7.37. The van der Waals surface area contributed by atoms with Crippen LogP contribution in [0, 0.1) is 5.92 Å². The van der Waals surface area contributed by atoms with Gasteiger partial charge in [-0.25, -0.2) is 0 Å².